The normalized spacial score (nSPS) is 11.6. The molecule has 0 amide bonds. The van der Waals surface area contributed by atoms with E-state index in [2.05, 4.69) is 23.5 Å². The van der Waals surface area contributed by atoms with Crippen molar-refractivity contribution < 1.29 is 25.5 Å². The minimum Gasteiger partial charge on any atom is -0.357 e. The van der Waals surface area contributed by atoms with E-state index >= 15 is 0 Å². The van der Waals surface area contributed by atoms with Crippen molar-refractivity contribution in [3.8, 4) is 45.6 Å². The van der Waals surface area contributed by atoms with Gasteiger partial charge in [0.15, 0.2) is 0 Å². The van der Waals surface area contributed by atoms with E-state index in [1.54, 1.807) is 0 Å². The Morgan fingerprint density at radius 2 is 0.855 bits per heavy atom. The van der Waals surface area contributed by atoms with Gasteiger partial charge < -0.3 is 34.8 Å². The average Bonchev–Trinajstić information content (AvgIpc) is 3.91. The summed E-state index contributed by atoms with van der Waals surface area (Å²) in [5, 5.41) is 3.57. The van der Waals surface area contributed by atoms with Crippen LogP contribution in [0, 0.1) is 0 Å². The molecule has 0 saturated carbocycles. The van der Waals surface area contributed by atoms with E-state index in [9.17, 15) is 8.42 Å². The van der Waals surface area contributed by atoms with E-state index in [0.717, 1.165) is 69.9 Å². The molecule has 14 heteroatoms. The van der Waals surface area contributed by atoms with Crippen LogP contribution in [0.25, 0.3) is 89.7 Å². The Balaban J connectivity index is 0.000000299. The Labute approximate surface area is 330 Å². The molecule has 3 aromatic heterocycles. The van der Waals surface area contributed by atoms with Crippen molar-refractivity contribution in [1.82, 2.24) is 49.5 Å². The Kier molecular flexibility index (Phi) is 11.8. The molecule has 0 unspecified atom stereocenters. The van der Waals surface area contributed by atoms with Gasteiger partial charge in [-0.1, -0.05) is 118 Å². The number of hydrogen-bond acceptors (Lipinski definition) is 9. The van der Waals surface area contributed by atoms with Crippen molar-refractivity contribution in [2.24, 2.45) is 0 Å². The molecule has 1 radical (unpaired) electrons. The molecule has 283 valence electrons. The van der Waals surface area contributed by atoms with Gasteiger partial charge in [0.05, 0.1) is 29.6 Å². The topological polar surface area (TPSA) is 155 Å². The van der Waals surface area contributed by atoms with E-state index in [0.29, 0.717) is 52.4 Å². The van der Waals surface area contributed by atoms with Crippen LogP contribution in [-0.4, -0.2) is 75.7 Å². The second-order valence-electron chi connectivity index (χ2n) is 12.7. The largest absolute Gasteiger partial charge is 2.00 e. The molecule has 4 aromatic carbocycles. The van der Waals surface area contributed by atoms with Gasteiger partial charge in [-0.2, -0.15) is 0 Å². The first-order valence-electron chi connectivity index (χ1n) is 17.5. The third-order valence-corrected chi connectivity index (χ3v) is 9.97. The maximum absolute atomic E-state index is 10.7. The fraction of sp³-hybridized carbons (Fsp3) is 0.220. The van der Waals surface area contributed by atoms with Crippen LogP contribution in [0.1, 0.15) is 27.7 Å². The van der Waals surface area contributed by atoms with Crippen molar-refractivity contribution in [1.29, 1.82) is 0 Å². The molecule has 9 rings (SSSR count). The summed E-state index contributed by atoms with van der Waals surface area (Å²) in [5.74, 6) is 2.21. The third kappa shape index (κ3) is 8.05. The summed E-state index contributed by atoms with van der Waals surface area (Å²) in [4.78, 5) is 41.5. The number of nitrogens with zero attached hydrogens (tertiary/aromatic N) is 9. The molecule has 12 nitrogen and oxygen atoms in total. The molecular weight excluding hydrogens is 760 g/mol. The Morgan fingerprint density at radius 1 is 0.545 bits per heavy atom. The zero-order valence-corrected chi connectivity index (χ0v) is 31.6. The molecule has 5 heterocycles. The van der Waals surface area contributed by atoms with Crippen LogP contribution in [0.2, 0.25) is 0 Å². The summed E-state index contributed by atoms with van der Waals surface area (Å²) in [6.45, 7) is 7.75. The van der Waals surface area contributed by atoms with Crippen LogP contribution in [0.4, 0.5) is 0 Å². The van der Waals surface area contributed by atoms with Crippen molar-refractivity contribution in [3.05, 3.63) is 97.1 Å². The molecular formula is C41H40CuN10O2S. The fourth-order valence-corrected chi connectivity index (χ4v) is 7.07. The number of aromatic nitrogens is 8. The number of rotatable bonds is 7. The molecule has 2 aliphatic heterocycles. The molecule has 55 heavy (non-hydrogen) atoms. The van der Waals surface area contributed by atoms with Gasteiger partial charge in [0.1, 0.15) is 0 Å². The van der Waals surface area contributed by atoms with Gasteiger partial charge >= 0.3 is 17.1 Å². The summed E-state index contributed by atoms with van der Waals surface area (Å²) < 4.78 is 23.9. The third-order valence-electron chi connectivity index (χ3n) is 9.24. The van der Waals surface area contributed by atoms with Gasteiger partial charge in [0.2, 0.25) is 10.0 Å². The fourth-order valence-electron chi connectivity index (χ4n) is 6.56. The van der Waals surface area contributed by atoms with E-state index in [1.807, 2.05) is 97.1 Å². The summed E-state index contributed by atoms with van der Waals surface area (Å²) in [7, 11) is -3.00. The van der Waals surface area contributed by atoms with E-state index in [4.69, 9.17) is 39.9 Å². The van der Waals surface area contributed by atoms with Crippen molar-refractivity contribution in [2.75, 3.05) is 32.4 Å². The number of hydrogen-bond donors (Lipinski definition) is 1. The van der Waals surface area contributed by atoms with E-state index < -0.39 is 10.0 Å². The summed E-state index contributed by atoms with van der Waals surface area (Å²) in [6, 6.07) is 31.8. The maximum Gasteiger partial charge on any atom is 2.00 e. The zero-order chi connectivity index (χ0) is 36.5. The standard InChI is InChI=1S/C32H16N8.C8H20N2O2S.CH4.Cu/c1-2-10-18-17(9-1)25-33-26(18)38-28-21-13-5-6-14-22(21)30(35-28)40-32-24-16-8-7-15-23(24)31(36-32)39-29-20-12-4-3-11-19(20)27(34-29)37-25;1-4-10(5-2)8-6-7-9-13(3,11)12;;/h1-16H;9H,4-8H2,1-3H3;1H4;/q-2;;;+2. The van der Waals surface area contributed by atoms with Crippen LogP contribution in [0.15, 0.2) is 97.1 Å². The van der Waals surface area contributed by atoms with Crippen molar-refractivity contribution in [2.45, 2.75) is 27.7 Å². The van der Waals surface area contributed by atoms with E-state index in [1.165, 1.54) is 6.26 Å². The summed E-state index contributed by atoms with van der Waals surface area (Å²) in [6.07, 6.45) is 2.05. The van der Waals surface area contributed by atoms with Gasteiger partial charge in [-0.05, 0) is 47.6 Å². The number of fused-ring (bicyclic) bond motifs is 20. The Morgan fingerprint density at radius 3 is 1.15 bits per heavy atom. The molecule has 1 N–H and O–H groups in total. The Bertz CT molecular complexity index is 2460. The predicted molar refractivity (Wildman–Crippen MR) is 216 cm³/mol. The van der Waals surface area contributed by atoms with Crippen molar-refractivity contribution in [3.63, 3.8) is 0 Å². The minimum absolute atomic E-state index is 0. The molecule has 8 bridgehead atoms. The molecule has 0 atom stereocenters. The minimum atomic E-state index is -3.00. The van der Waals surface area contributed by atoms with Crippen LogP contribution in [0.5, 0.6) is 0 Å². The summed E-state index contributed by atoms with van der Waals surface area (Å²) in [5.41, 5.74) is 5.78. The van der Waals surface area contributed by atoms with Gasteiger partial charge in [0, 0.05) is 51.4 Å². The van der Waals surface area contributed by atoms with Crippen LogP contribution in [0.3, 0.4) is 0 Å². The second kappa shape index (κ2) is 16.6. The Hall–Kier alpha value is -5.37. The first kappa shape index (κ1) is 39.3. The van der Waals surface area contributed by atoms with Crippen molar-refractivity contribution >= 4 is 54.2 Å². The average molecular weight is 800 g/mol. The predicted octanol–water partition coefficient (Wildman–Crippen LogP) is 7.03. The van der Waals surface area contributed by atoms with Crippen LogP contribution in [-0.2, 0) is 27.1 Å². The summed E-state index contributed by atoms with van der Waals surface area (Å²) >= 11 is 0. The molecule has 7 aromatic rings. The molecule has 2 aliphatic rings. The first-order valence-corrected chi connectivity index (χ1v) is 19.4. The smallest absolute Gasteiger partial charge is 0.357 e. The maximum atomic E-state index is 10.7. The van der Waals surface area contributed by atoms with Gasteiger partial charge in [-0.3, -0.25) is 0 Å². The van der Waals surface area contributed by atoms with E-state index in [-0.39, 0.29) is 24.5 Å². The number of nitrogens with one attached hydrogen (secondary N) is 1. The molecule has 0 saturated heterocycles. The van der Waals surface area contributed by atoms with Gasteiger partial charge in [-0.15, -0.1) is 0 Å². The first-order chi connectivity index (χ1) is 25.8. The second-order valence-corrected chi connectivity index (χ2v) is 14.5. The quantitative estimate of drug-likeness (QED) is 0.131. The SMILES string of the molecule is C.CCN(CC)CCCNS(C)(=O)=O.[Cu+2].c1ccc2c(c1)-c1nc-2nc2[n-]c(nc3nc(nc4[n-]c(n1)c1ccccc41)-c1ccccc1-3)c1ccccc21. The molecule has 0 fully saturated rings. The van der Waals surface area contributed by atoms with Crippen LogP contribution >= 0.6 is 0 Å². The number of sulfonamides is 1. The molecule has 0 spiro atoms. The van der Waals surface area contributed by atoms with Crippen LogP contribution < -0.4 is 14.7 Å². The van der Waals surface area contributed by atoms with Gasteiger partial charge in [-0.25, -0.2) is 23.1 Å². The zero-order valence-electron chi connectivity index (χ0n) is 29.8. The van der Waals surface area contributed by atoms with Gasteiger partial charge in [0.25, 0.3) is 0 Å². The molecule has 0 aliphatic carbocycles. The number of benzene rings is 4. The monoisotopic (exact) mass is 799 g/mol.